The van der Waals surface area contributed by atoms with Crippen LogP contribution in [0.25, 0.3) is 11.5 Å². The molecule has 0 unspecified atom stereocenters. The molecule has 0 bridgehead atoms. The molecule has 0 aliphatic heterocycles. The number of hydrogen-bond donors (Lipinski definition) is 1. The minimum absolute atomic E-state index is 0.0457. The van der Waals surface area contributed by atoms with E-state index in [0.717, 1.165) is 40.3 Å². The van der Waals surface area contributed by atoms with Crippen molar-refractivity contribution in [3.63, 3.8) is 0 Å². The maximum absolute atomic E-state index is 12.2. The predicted octanol–water partition coefficient (Wildman–Crippen LogP) is 5.01. The molecule has 29 heavy (non-hydrogen) atoms. The molecule has 3 rings (SSSR count). The lowest BCUT2D eigenvalue weighted by Crippen LogP contribution is -2.13. The van der Waals surface area contributed by atoms with E-state index in [9.17, 15) is 4.79 Å². The van der Waals surface area contributed by atoms with Gasteiger partial charge in [0.15, 0.2) is 5.82 Å². The molecule has 0 atom stereocenters. The third kappa shape index (κ3) is 5.84. The highest BCUT2D eigenvalue weighted by Gasteiger charge is 2.10. The van der Waals surface area contributed by atoms with Crippen molar-refractivity contribution < 1.29 is 14.1 Å². The summed E-state index contributed by atoms with van der Waals surface area (Å²) in [5.74, 6) is 3.48. The topological polar surface area (TPSA) is 77.2 Å². The Balaban J connectivity index is 1.39. The van der Waals surface area contributed by atoms with E-state index in [-0.39, 0.29) is 5.91 Å². The average Bonchev–Trinajstić information content (AvgIpc) is 3.19. The lowest BCUT2D eigenvalue weighted by molar-refractivity contribution is -0.116. The minimum atomic E-state index is 0.0457. The molecule has 0 saturated carbocycles. The molecule has 7 heteroatoms. The Morgan fingerprint density at radius 3 is 2.55 bits per heavy atom. The summed E-state index contributed by atoms with van der Waals surface area (Å²) in [6, 6.07) is 13.5. The van der Waals surface area contributed by atoms with Crippen molar-refractivity contribution in [3.8, 4) is 17.2 Å². The Morgan fingerprint density at radius 1 is 1.14 bits per heavy atom. The van der Waals surface area contributed by atoms with Gasteiger partial charge in [0.05, 0.1) is 12.9 Å². The van der Waals surface area contributed by atoms with E-state index in [2.05, 4.69) is 15.5 Å². The van der Waals surface area contributed by atoms with Gasteiger partial charge in [-0.3, -0.25) is 4.79 Å². The second kappa shape index (κ2) is 10.1. The van der Waals surface area contributed by atoms with Crippen molar-refractivity contribution in [1.82, 2.24) is 10.1 Å². The van der Waals surface area contributed by atoms with Crippen LogP contribution in [0, 0.1) is 13.8 Å². The number of anilines is 1. The van der Waals surface area contributed by atoms with Crippen LogP contribution >= 0.6 is 11.8 Å². The van der Waals surface area contributed by atoms with Crippen LogP contribution in [-0.2, 0) is 10.5 Å². The third-order valence-corrected chi connectivity index (χ3v) is 5.51. The molecule has 0 fully saturated rings. The molecule has 0 saturated heterocycles. The molecule has 0 spiro atoms. The van der Waals surface area contributed by atoms with Crippen LogP contribution in [0.1, 0.15) is 29.8 Å². The number of carbonyl (C=O) groups excluding carboxylic acids is 1. The van der Waals surface area contributed by atoms with Crippen LogP contribution in [0.5, 0.6) is 5.75 Å². The van der Waals surface area contributed by atoms with E-state index >= 15 is 0 Å². The van der Waals surface area contributed by atoms with E-state index in [1.54, 1.807) is 18.9 Å². The van der Waals surface area contributed by atoms with Gasteiger partial charge in [0.2, 0.25) is 5.91 Å². The molecule has 0 radical (unpaired) electrons. The summed E-state index contributed by atoms with van der Waals surface area (Å²) in [5.41, 5.74) is 3.94. The molecule has 0 aliphatic rings. The van der Waals surface area contributed by atoms with Crippen molar-refractivity contribution in [3.05, 3.63) is 59.4 Å². The van der Waals surface area contributed by atoms with Gasteiger partial charge in [-0.05, 0) is 61.4 Å². The highest BCUT2D eigenvalue weighted by Crippen LogP contribution is 2.22. The maximum atomic E-state index is 12.2. The first-order valence-electron chi connectivity index (χ1n) is 9.47. The Hall–Kier alpha value is -2.80. The van der Waals surface area contributed by atoms with Gasteiger partial charge in [-0.1, -0.05) is 23.4 Å². The number of aromatic nitrogens is 2. The van der Waals surface area contributed by atoms with Crippen molar-refractivity contribution in [2.24, 2.45) is 0 Å². The number of ether oxygens (including phenoxy) is 1. The normalized spacial score (nSPS) is 10.7. The molecule has 6 nitrogen and oxygen atoms in total. The van der Waals surface area contributed by atoms with Crippen LogP contribution < -0.4 is 10.1 Å². The van der Waals surface area contributed by atoms with Gasteiger partial charge >= 0.3 is 0 Å². The quantitative estimate of drug-likeness (QED) is 0.499. The molecular formula is C22H25N3O3S. The fraction of sp³-hybridized carbons (Fsp3) is 0.318. The molecule has 3 aromatic rings. The van der Waals surface area contributed by atoms with Crippen LogP contribution in [0.4, 0.5) is 5.69 Å². The van der Waals surface area contributed by atoms with Crippen molar-refractivity contribution in [2.75, 3.05) is 18.2 Å². The van der Waals surface area contributed by atoms with Crippen molar-refractivity contribution in [1.29, 1.82) is 0 Å². The molecule has 152 valence electrons. The zero-order chi connectivity index (χ0) is 20.6. The number of hydrogen-bond acceptors (Lipinski definition) is 6. The number of aryl methyl sites for hydroxylation is 2. The first-order valence-corrected chi connectivity index (χ1v) is 10.6. The summed E-state index contributed by atoms with van der Waals surface area (Å²) in [6.07, 6.45) is 1.29. The number of amides is 1. The Labute approximate surface area is 175 Å². The molecule has 1 aromatic heterocycles. The zero-order valence-electron chi connectivity index (χ0n) is 16.9. The monoisotopic (exact) mass is 411 g/mol. The summed E-state index contributed by atoms with van der Waals surface area (Å²) in [4.78, 5) is 16.6. The van der Waals surface area contributed by atoms with Crippen LogP contribution in [0.2, 0.25) is 0 Å². The zero-order valence-corrected chi connectivity index (χ0v) is 17.7. The van der Waals surface area contributed by atoms with Gasteiger partial charge in [-0.25, -0.2) is 0 Å². The van der Waals surface area contributed by atoms with Crippen molar-refractivity contribution >= 4 is 23.4 Å². The van der Waals surface area contributed by atoms with Crippen LogP contribution in [0.3, 0.4) is 0 Å². The summed E-state index contributed by atoms with van der Waals surface area (Å²) in [7, 11) is 1.63. The van der Waals surface area contributed by atoms with E-state index in [1.165, 1.54) is 0 Å². The molecular weight excluding hydrogens is 386 g/mol. The van der Waals surface area contributed by atoms with Gasteiger partial charge in [0.25, 0.3) is 5.89 Å². The SMILES string of the molecule is COc1ccc(-c2nc(CSCCCC(=O)Nc3c(C)cccc3C)no2)cc1. The molecule has 1 heterocycles. The minimum Gasteiger partial charge on any atom is -0.497 e. The smallest absolute Gasteiger partial charge is 0.257 e. The number of para-hydroxylation sites is 1. The number of nitrogens with one attached hydrogen (secondary N) is 1. The number of rotatable bonds is 9. The first kappa shape index (κ1) is 20.9. The van der Waals surface area contributed by atoms with E-state index in [1.807, 2.05) is 56.3 Å². The van der Waals surface area contributed by atoms with Crippen molar-refractivity contribution in [2.45, 2.75) is 32.4 Å². The summed E-state index contributed by atoms with van der Waals surface area (Å²) < 4.78 is 10.5. The van der Waals surface area contributed by atoms with Gasteiger partial charge in [-0.2, -0.15) is 16.7 Å². The van der Waals surface area contributed by atoms with Crippen LogP contribution in [0.15, 0.2) is 47.0 Å². The second-order valence-electron chi connectivity index (χ2n) is 6.72. The third-order valence-electron chi connectivity index (χ3n) is 4.47. The van der Waals surface area contributed by atoms with E-state index in [4.69, 9.17) is 9.26 Å². The second-order valence-corrected chi connectivity index (χ2v) is 7.82. The first-order chi connectivity index (χ1) is 14.1. The molecule has 1 amide bonds. The van der Waals surface area contributed by atoms with E-state index in [0.29, 0.717) is 23.9 Å². The van der Waals surface area contributed by atoms with Gasteiger partial charge in [0, 0.05) is 17.7 Å². The van der Waals surface area contributed by atoms with Gasteiger partial charge < -0.3 is 14.6 Å². The lowest BCUT2D eigenvalue weighted by Gasteiger charge is -2.11. The fourth-order valence-corrected chi connectivity index (χ4v) is 3.67. The van der Waals surface area contributed by atoms with Crippen LogP contribution in [-0.4, -0.2) is 28.9 Å². The molecule has 2 aromatic carbocycles. The average molecular weight is 412 g/mol. The Morgan fingerprint density at radius 2 is 1.86 bits per heavy atom. The Kier molecular flexibility index (Phi) is 7.30. The maximum Gasteiger partial charge on any atom is 0.257 e. The molecule has 1 N–H and O–H groups in total. The summed E-state index contributed by atoms with van der Waals surface area (Å²) >= 11 is 1.69. The lowest BCUT2D eigenvalue weighted by atomic mass is 10.1. The summed E-state index contributed by atoms with van der Waals surface area (Å²) in [5, 5.41) is 7.05. The number of nitrogens with zero attached hydrogens (tertiary/aromatic N) is 2. The fourth-order valence-electron chi connectivity index (χ4n) is 2.88. The number of carbonyl (C=O) groups is 1. The summed E-state index contributed by atoms with van der Waals surface area (Å²) in [6.45, 7) is 4.01. The largest absolute Gasteiger partial charge is 0.497 e. The number of thioether (sulfide) groups is 1. The molecule has 0 aliphatic carbocycles. The number of methoxy groups -OCH3 is 1. The number of benzene rings is 2. The van der Waals surface area contributed by atoms with Gasteiger partial charge in [0.1, 0.15) is 5.75 Å². The predicted molar refractivity (Wildman–Crippen MR) is 116 cm³/mol. The highest BCUT2D eigenvalue weighted by atomic mass is 32.2. The highest BCUT2D eigenvalue weighted by molar-refractivity contribution is 7.98. The Bertz CT molecular complexity index is 934. The van der Waals surface area contributed by atoms with E-state index < -0.39 is 0 Å². The standard InChI is InChI=1S/C22H25N3O3S/c1-15-6-4-7-16(2)21(15)24-20(26)8-5-13-29-14-19-23-22(28-25-19)17-9-11-18(27-3)12-10-17/h4,6-7,9-12H,5,8,13-14H2,1-3H3,(H,24,26). The van der Waals surface area contributed by atoms with Gasteiger partial charge in [-0.15, -0.1) is 0 Å².